The van der Waals surface area contributed by atoms with Crippen molar-refractivity contribution in [1.82, 2.24) is 19.9 Å². The standard InChI is InChI=1S/C19H22N4O/c1-2-13-23-17(22-16-9-6-12-20-19(16)23)10-11-18(24)21-14-15-7-4-3-5-8-15/h3-9,12H,2,10-11,13-14H2,1H3,(H,21,24). The Morgan fingerprint density at radius 3 is 2.79 bits per heavy atom. The molecule has 5 heteroatoms. The number of pyridine rings is 1. The Kier molecular flexibility index (Phi) is 5.21. The number of nitrogens with one attached hydrogen (secondary N) is 1. The molecule has 2 aromatic heterocycles. The van der Waals surface area contributed by atoms with Crippen molar-refractivity contribution in [2.45, 2.75) is 39.3 Å². The average Bonchev–Trinajstić information content (AvgIpc) is 2.97. The Balaban J connectivity index is 1.62. The van der Waals surface area contributed by atoms with Gasteiger partial charge in [-0.15, -0.1) is 0 Å². The Labute approximate surface area is 141 Å². The molecule has 3 rings (SSSR count). The summed E-state index contributed by atoms with van der Waals surface area (Å²) < 4.78 is 2.12. The van der Waals surface area contributed by atoms with Crippen molar-refractivity contribution in [1.29, 1.82) is 0 Å². The van der Waals surface area contributed by atoms with E-state index < -0.39 is 0 Å². The van der Waals surface area contributed by atoms with Crippen LogP contribution in [0.2, 0.25) is 0 Å². The summed E-state index contributed by atoms with van der Waals surface area (Å²) in [6, 6.07) is 13.8. The number of aromatic nitrogens is 3. The lowest BCUT2D eigenvalue weighted by Gasteiger charge is -2.08. The van der Waals surface area contributed by atoms with Crippen molar-refractivity contribution >= 4 is 17.1 Å². The minimum atomic E-state index is 0.0434. The molecule has 0 aliphatic rings. The van der Waals surface area contributed by atoms with Crippen molar-refractivity contribution < 1.29 is 4.79 Å². The maximum absolute atomic E-state index is 12.1. The number of rotatable bonds is 7. The summed E-state index contributed by atoms with van der Waals surface area (Å²) in [6.07, 6.45) is 3.85. The summed E-state index contributed by atoms with van der Waals surface area (Å²) >= 11 is 0. The fourth-order valence-electron chi connectivity index (χ4n) is 2.77. The van der Waals surface area contributed by atoms with Gasteiger partial charge in [-0.05, 0) is 24.1 Å². The summed E-state index contributed by atoms with van der Waals surface area (Å²) in [5, 5.41) is 2.96. The van der Waals surface area contributed by atoms with Crippen LogP contribution >= 0.6 is 0 Å². The highest BCUT2D eigenvalue weighted by molar-refractivity contribution is 5.76. The quantitative estimate of drug-likeness (QED) is 0.727. The number of hydrogen-bond donors (Lipinski definition) is 1. The van der Waals surface area contributed by atoms with Gasteiger partial charge in [0.05, 0.1) is 0 Å². The molecule has 0 unspecified atom stereocenters. The molecule has 0 aliphatic heterocycles. The molecule has 0 saturated heterocycles. The molecule has 1 amide bonds. The van der Waals surface area contributed by atoms with Crippen molar-refractivity contribution in [3.63, 3.8) is 0 Å². The molecule has 0 atom stereocenters. The third-order valence-corrected chi connectivity index (χ3v) is 3.94. The number of aryl methyl sites for hydroxylation is 2. The predicted octanol–water partition coefficient (Wildman–Crippen LogP) is 3.09. The van der Waals surface area contributed by atoms with Crippen molar-refractivity contribution in [3.8, 4) is 0 Å². The van der Waals surface area contributed by atoms with Gasteiger partial charge in [0.15, 0.2) is 5.65 Å². The van der Waals surface area contributed by atoms with Crippen LogP contribution in [-0.2, 0) is 24.3 Å². The van der Waals surface area contributed by atoms with Gasteiger partial charge in [-0.25, -0.2) is 9.97 Å². The number of hydrogen-bond acceptors (Lipinski definition) is 3. The van der Waals surface area contributed by atoms with Crippen LogP contribution in [0.1, 0.15) is 31.2 Å². The Morgan fingerprint density at radius 2 is 2.00 bits per heavy atom. The van der Waals surface area contributed by atoms with Crippen LogP contribution in [-0.4, -0.2) is 20.4 Å². The molecule has 1 N–H and O–H groups in total. The van der Waals surface area contributed by atoms with Gasteiger partial charge in [0.25, 0.3) is 0 Å². The van der Waals surface area contributed by atoms with E-state index in [4.69, 9.17) is 0 Å². The molecule has 0 saturated carbocycles. The number of imidazole rings is 1. The van der Waals surface area contributed by atoms with E-state index in [0.717, 1.165) is 35.5 Å². The van der Waals surface area contributed by atoms with Crippen LogP contribution in [0.25, 0.3) is 11.2 Å². The molecule has 0 spiro atoms. The van der Waals surface area contributed by atoms with Crippen LogP contribution in [0.4, 0.5) is 0 Å². The second-order valence-corrected chi connectivity index (χ2v) is 5.79. The van der Waals surface area contributed by atoms with E-state index in [-0.39, 0.29) is 5.91 Å². The van der Waals surface area contributed by atoms with Gasteiger partial charge in [0.1, 0.15) is 11.3 Å². The highest BCUT2D eigenvalue weighted by Gasteiger charge is 2.12. The molecular weight excluding hydrogens is 300 g/mol. The zero-order valence-electron chi connectivity index (χ0n) is 13.9. The number of nitrogens with zero attached hydrogens (tertiary/aromatic N) is 3. The maximum atomic E-state index is 12.1. The van der Waals surface area contributed by atoms with E-state index in [9.17, 15) is 4.79 Å². The van der Waals surface area contributed by atoms with E-state index in [0.29, 0.717) is 19.4 Å². The van der Waals surface area contributed by atoms with Crippen molar-refractivity contribution in [2.75, 3.05) is 0 Å². The van der Waals surface area contributed by atoms with E-state index in [1.807, 2.05) is 42.5 Å². The topological polar surface area (TPSA) is 59.8 Å². The zero-order chi connectivity index (χ0) is 16.8. The molecule has 0 aliphatic carbocycles. The summed E-state index contributed by atoms with van der Waals surface area (Å²) in [4.78, 5) is 21.2. The first-order chi connectivity index (χ1) is 11.8. The van der Waals surface area contributed by atoms with Gasteiger partial charge in [-0.3, -0.25) is 4.79 Å². The minimum Gasteiger partial charge on any atom is -0.352 e. The predicted molar refractivity (Wildman–Crippen MR) is 94.4 cm³/mol. The first kappa shape index (κ1) is 16.2. The lowest BCUT2D eigenvalue weighted by Crippen LogP contribution is -2.23. The number of carbonyl (C=O) groups excluding carboxylic acids is 1. The molecule has 0 fully saturated rings. The van der Waals surface area contributed by atoms with E-state index >= 15 is 0 Å². The highest BCUT2D eigenvalue weighted by Crippen LogP contribution is 2.15. The van der Waals surface area contributed by atoms with Crippen molar-refractivity contribution in [3.05, 3.63) is 60.0 Å². The average molecular weight is 322 g/mol. The van der Waals surface area contributed by atoms with Gasteiger partial charge in [0.2, 0.25) is 5.91 Å². The van der Waals surface area contributed by atoms with E-state index in [1.54, 1.807) is 6.20 Å². The number of benzene rings is 1. The van der Waals surface area contributed by atoms with Gasteiger partial charge >= 0.3 is 0 Å². The van der Waals surface area contributed by atoms with Crippen LogP contribution in [0, 0.1) is 0 Å². The molecule has 1 aromatic carbocycles. The molecule has 0 bridgehead atoms. The lowest BCUT2D eigenvalue weighted by atomic mass is 10.2. The Hall–Kier alpha value is -2.69. The fourth-order valence-corrected chi connectivity index (χ4v) is 2.77. The highest BCUT2D eigenvalue weighted by atomic mass is 16.1. The monoisotopic (exact) mass is 322 g/mol. The molecule has 3 aromatic rings. The third-order valence-electron chi connectivity index (χ3n) is 3.94. The molecule has 2 heterocycles. The number of carbonyl (C=O) groups is 1. The summed E-state index contributed by atoms with van der Waals surface area (Å²) in [5.41, 5.74) is 2.90. The molecule has 5 nitrogen and oxygen atoms in total. The normalized spacial score (nSPS) is 10.9. The molecular formula is C19H22N4O. The van der Waals surface area contributed by atoms with Gasteiger partial charge in [-0.2, -0.15) is 0 Å². The van der Waals surface area contributed by atoms with Crippen LogP contribution in [0.5, 0.6) is 0 Å². The van der Waals surface area contributed by atoms with Gasteiger partial charge in [-0.1, -0.05) is 37.3 Å². The third kappa shape index (κ3) is 3.79. The molecule has 0 radical (unpaired) electrons. The fraction of sp³-hybridized carbons (Fsp3) is 0.316. The van der Waals surface area contributed by atoms with E-state index in [2.05, 4.69) is 26.8 Å². The Bertz CT molecular complexity index is 811. The first-order valence-corrected chi connectivity index (χ1v) is 8.38. The largest absolute Gasteiger partial charge is 0.352 e. The van der Waals surface area contributed by atoms with Gasteiger partial charge in [0, 0.05) is 32.1 Å². The second kappa shape index (κ2) is 7.73. The van der Waals surface area contributed by atoms with E-state index in [1.165, 1.54) is 0 Å². The summed E-state index contributed by atoms with van der Waals surface area (Å²) in [5.74, 6) is 0.974. The summed E-state index contributed by atoms with van der Waals surface area (Å²) in [6.45, 7) is 3.56. The van der Waals surface area contributed by atoms with Crippen LogP contribution in [0.3, 0.4) is 0 Å². The minimum absolute atomic E-state index is 0.0434. The molecule has 24 heavy (non-hydrogen) atoms. The van der Waals surface area contributed by atoms with Crippen LogP contribution < -0.4 is 5.32 Å². The number of amides is 1. The Morgan fingerprint density at radius 1 is 1.17 bits per heavy atom. The molecule has 124 valence electrons. The smallest absolute Gasteiger partial charge is 0.220 e. The first-order valence-electron chi connectivity index (χ1n) is 8.38. The maximum Gasteiger partial charge on any atom is 0.220 e. The lowest BCUT2D eigenvalue weighted by molar-refractivity contribution is -0.121. The second-order valence-electron chi connectivity index (χ2n) is 5.79. The number of fused-ring (bicyclic) bond motifs is 1. The van der Waals surface area contributed by atoms with Gasteiger partial charge < -0.3 is 9.88 Å². The van der Waals surface area contributed by atoms with Crippen LogP contribution in [0.15, 0.2) is 48.7 Å². The zero-order valence-corrected chi connectivity index (χ0v) is 13.9. The summed E-state index contributed by atoms with van der Waals surface area (Å²) in [7, 11) is 0. The van der Waals surface area contributed by atoms with Crippen molar-refractivity contribution in [2.24, 2.45) is 0 Å². The SMILES string of the molecule is CCCn1c(CCC(=O)NCc2ccccc2)nc2cccnc21.